The molecule has 2 aromatic heterocycles. The van der Waals surface area contributed by atoms with E-state index in [1.807, 2.05) is 0 Å². The maximum atomic E-state index is 13.6. The van der Waals surface area contributed by atoms with Crippen LogP contribution in [0.5, 0.6) is 0 Å². The summed E-state index contributed by atoms with van der Waals surface area (Å²) in [6, 6.07) is 3.15. The molecular formula is C11H8FN3O3S. The fourth-order valence-electron chi connectivity index (χ4n) is 1.35. The van der Waals surface area contributed by atoms with Crippen molar-refractivity contribution in [2.45, 2.75) is 6.92 Å². The summed E-state index contributed by atoms with van der Waals surface area (Å²) in [4.78, 5) is 37.9. The van der Waals surface area contributed by atoms with Crippen molar-refractivity contribution >= 4 is 29.0 Å². The summed E-state index contributed by atoms with van der Waals surface area (Å²) in [5, 5.41) is 3.73. The standard InChI is InChI=1S/C11H8FN3O3S/c1-6(16)13-9-7(12)5-15(11(18)14-9)10(17)8-3-2-4-19-8/h2-5H,1H3,(H,13,14,16,18). The van der Waals surface area contributed by atoms with Gasteiger partial charge in [0.05, 0.1) is 11.1 Å². The van der Waals surface area contributed by atoms with Crippen LogP contribution in [-0.2, 0) is 4.79 Å². The van der Waals surface area contributed by atoms with Crippen LogP contribution in [0.2, 0.25) is 0 Å². The topological polar surface area (TPSA) is 81.1 Å². The SMILES string of the molecule is CC(=O)Nc1nc(=O)n(C(=O)c2cccs2)cc1F. The Bertz CT molecular complexity index is 694. The second-order valence-corrected chi connectivity index (χ2v) is 4.50. The van der Waals surface area contributed by atoms with Gasteiger partial charge >= 0.3 is 5.69 Å². The summed E-state index contributed by atoms with van der Waals surface area (Å²) in [7, 11) is 0. The number of rotatable bonds is 2. The van der Waals surface area contributed by atoms with E-state index in [9.17, 15) is 18.8 Å². The lowest BCUT2D eigenvalue weighted by molar-refractivity contribution is -0.114. The molecule has 0 aliphatic heterocycles. The van der Waals surface area contributed by atoms with Crippen molar-refractivity contribution in [3.8, 4) is 0 Å². The number of halogens is 1. The summed E-state index contributed by atoms with van der Waals surface area (Å²) < 4.78 is 14.2. The molecule has 2 aromatic rings. The third kappa shape index (κ3) is 2.74. The Morgan fingerprint density at radius 3 is 2.79 bits per heavy atom. The quantitative estimate of drug-likeness (QED) is 0.893. The molecule has 1 amide bonds. The van der Waals surface area contributed by atoms with Gasteiger partial charge in [0.15, 0.2) is 11.6 Å². The van der Waals surface area contributed by atoms with Gasteiger partial charge in [0.2, 0.25) is 5.91 Å². The molecule has 1 N–H and O–H groups in total. The molecule has 6 nitrogen and oxygen atoms in total. The lowest BCUT2D eigenvalue weighted by Crippen LogP contribution is -2.30. The van der Waals surface area contributed by atoms with Gasteiger partial charge in [-0.25, -0.2) is 13.8 Å². The highest BCUT2D eigenvalue weighted by molar-refractivity contribution is 7.12. The van der Waals surface area contributed by atoms with Crippen LogP contribution in [0.4, 0.5) is 10.2 Å². The highest BCUT2D eigenvalue weighted by Gasteiger charge is 2.16. The Balaban J connectivity index is 2.44. The lowest BCUT2D eigenvalue weighted by atomic mass is 10.4. The first-order valence-corrected chi connectivity index (χ1v) is 6.02. The minimum absolute atomic E-state index is 0.288. The lowest BCUT2D eigenvalue weighted by Gasteiger charge is -2.05. The van der Waals surface area contributed by atoms with Gasteiger partial charge in [0.25, 0.3) is 5.91 Å². The Hall–Kier alpha value is -2.35. The predicted molar refractivity (Wildman–Crippen MR) is 66.8 cm³/mol. The number of amides is 1. The van der Waals surface area contributed by atoms with Crippen LogP contribution in [0.15, 0.2) is 28.5 Å². The minimum atomic E-state index is -0.959. The fraction of sp³-hybridized carbons (Fsp3) is 0.0909. The highest BCUT2D eigenvalue weighted by Crippen LogP contribution is 2.11. The average Bonchev–Trinajstić information content (AvgIpc) is 2.85. The summed E-state index contributed by atoms with van der Waals surface area (Å²) >= 11 is 1.13. The molecule has 0 aromatic carbocycles. The smallest absolute Gasteiger partial charge is 0.308 e. The van der Waals surface area contributed by atoms with Gasteiger partial charge in [-0.05, 0) is 11.4 Å². The Labute approximate surface area is 110 Å². The van der Waals surface area contributed by atoms with E-state index in [4.69, 9.17) is 0 Å². The van der Waals surface area contributed by atoms with Crippen molar-refractivity contribution in [1.82, 2.24) is 9.55 Å². The molecule has 19 heavy (non-hydrogen) atoms. The second kappa shape index (κ2) is 5.11. The molecule has 0 spiro atoms. The van der Waals surface area contributed by atoms with Crippen LogP contribution in [-0.4, -0.2) is 21.4 Å². The normalized spacial score (nSPS) is 10.2. The first-order chi connectivity index (χ1) is 8.99. The van der Waals surface area contributed by atoms with Gasteiger partial charge in [-0.15, -0.1) is 11.3 Å². The molecule has 0 bridgehead atoms. The van der Waals surface area contributed by atoms with Crippen molar-refractivity contribution in [2.24, 2.45) is 0 Å². The molecule has 8 heteroatoms. The molecule has 0 saturated carbocycles. The van der Waals surface area contributed by atoms with Crippen molar-refractivity contribution in [2.75, 3.05) is 5.32 Å². The monoisotopic (exact) mass is 281 g/mol. The molecule has 0 unspecified atom stereocenters. The van der Waals surface area contributed by atoms with Crippen LogP contribution in [0.3, 0.4) is 0 Å². The van der Waals surface area contributed by atoms with E-state index in [0.29, 0.717) is 10.8 Å². The zero-order valence-corrected chi connectivity index (χ0v) is 10.5. The van der Waals surface area contributed by atoms with Crippen molar-refractivity contribution in [3.63, 3.8) is 0 Å². The molecule has 2 rings (SSSR count). The maximum Gasteiger partial charge on any atom is 0.356 e. The van der Waals surface area contributed by atoms with Crippen molar-refractivity contribution < 1.29 is 14.0 Å². The van der Waals surface area contributed by atoms with E-state index in [1.54, 1.807) is 11.4 Å². The number of carbonyl (C=O) groups is 2. The van der Waals surface area contributed by atoms with Gasteiger partial charge in [-0.1, -0.05) is 6.07 Å². The molecule has 98 valence electrons. The molecule has 0 radical (unpaired) electrons. The van der Waals surface area contributed by atoms with Gasteiger partial charge < -0.3 is 5.32 Å². The molecule has 0 aliphatic rings. The summed E-state index contributed by atoms with van der Waals surface area (Å²) in [6.07, 6.45) is 0.711. The molecule has 0 aliphatic carbocycles. The zero-order chi connectivity index (χ0) is 14.0. The summed E-state index contributed by atoms with van der Waals surface area (Å²) in [5.41, 5.74) is -0.955. The number of hydrogen-bond donors (Lipinski definition) is 1. The molecule has 0 atom stereocenters. The van der Waals surface area contributed by atoms with Gasteiger partial charge in [0.1, 0.15) is 0 Å². The third-order valence-electron chi connectivity index (χ3n) is 2.13. The van der Waals surface area contributed by atoms with E-state index >= 15 is 0 Å². The number of nitrogens with one attached hydrogen (secondary N) is 1. The Morgan fingerprint density at radius 1 is 1.47 bits per heavy atom. The number of hydrogen-bond acceptors (Lipinski definition) is 5. The van der Waals surface area contributed by atoms with Gasteiger partial charge in [-0.3, -0.25) is 9.59 Å². The zero-order valence-electron chi connectivity index (χ0n) is 9.71. The van der Waals surface area contributed by atoms with Crippen LogP contribution < -0.4 is 11.0 Å². The highest BCUT2D eigenvalue weighted by atomic mass is 32.1. The number of aromatic nitrogens is 2. The summed E-state index contributed by atoms with van der Waals surface area (Å²) in [6.45, 7) is 1.16. The van der Waals surface area contributed by atoms with E-state index in [1.165, 1.54) is 6.07 Å². The molecular weight excluding hydrogens is 273 g/mol. The first-order valence-electron chi connectivity index (χ1n) is 5.14. The van der Waals surface area contributed by atoms with Crippen LogP contribution in [0, 0.1) is 5.82 Å². The maximum absolute atomic E-state index is 13.6. The Kier molecular flexibility index (Phi) is 3.52. The number of carbonyl (C=O) groups excluding carboxylic acids is 2. The summed E-state index contributed by atoms with van der Waals surface area (Å²) in [5.74, 6) is -2.68. The van der Waals surface area contributed by atoms with Crippen LogP contribution in [0.25, 0.3) is 0 Å². The Morgan fingerprint density at radius 2 is 2.21 bits per heavy atom. The fourth-order valence-corrected chi connectivity index (χ4v) is 2.01. The van der Waals surface area contributed by atoms with E-state index < -0.39 is 29.1 Å². The molecule has 0 saturated heterocycles. The molecule has 0 fully saturated rings. The second-order valence-electron chi connectivity index (χ2n) is 3.55. The van der Waals surface area contributed by atoms with E-state index in [0.717, 1.165) is 18.3 Å². The van der Waals surface area contributed by atoms with Crippen molar-refractivity contribution in [1.29, 1.82) is 0 Å². The van der Waals surface area contributed by atoms with E-state index in [-0.39, 0.29) is 4.88 Å². The predicted octanol–water partition coefficient (Wildman–Crippen LogP) is 1.09. The minimum Gasteiger partial charge on any atom is -0.308 e. The number of nitrogens with zero attached hydrogens (tertiary/aromatic N) is 2. The van der Waals surface area contributed by atoms with E-state index in [2.05, 4.69) is 10.3 Å². The number of thiophene rings is 1. The first kappa shape index (κ1) is 13.1. The van der Waals surface area contributed by atoms with Gasteiger partial charge in [0, 0.05) is 6.92 Å². The van der Waals surface area contributed by atoms with Gasteiger partial charge in [-0.2, -0.15) is 4.98 Å². The number of anilines is 1. The molecule has 2 heterocycles. The van der Waals surface area contributed by atoms with Crippen LogP contribution in [0.1, 0.15) is 16.6 Å². The van der Waals surface area contributed by atoms with Crippen molar-refractivity contribution in [3.05, 3.63) is 44.9 Å². The third-order valence-corrected chi connectivity index (χ3v) is 2.99. The average molecular weight is 281 g/mol. The largest absolute Gasteiger partial charge is 0.356 e. The van der Waals surface area contributed by atoms with Crippen LogP contribution >= 0.6 is 11.3 Å².